The third kappa shape index (κ3) is 3.44. The molecular formula is C11H7Cl2N5O. The molecular weight excluding hydrogens is 289 g/mol. The van der Waals surface area contributed by atoms with E-state index in [9.17, 15) is 4.79 Å². The van der Waals surface area contributed by atoms with Gasteiger partial charge in [0.25, 0.3) is 5.82 Å². The third-order valence-electron chi connectivity index (χ3n) is 2.14. The van der Waals surface area contributed by atoms with Crippen molar-refractivity contribution in [1.82, 2.24) is 14.8 Å². The Labute approximate surface area is 118 Å². The predicted octanol–water partition coefficient (Wildman–Crippen LogP) is 2.10. The molecule has 0 bridgehead atoms. The van der Waals surface area contributed by atoms with E-state index >= 15 is 0 Å². The second kappa shape index (κ2) is 5.69. The Morgan fingerprint density at radius 2 is 2.26 bits per heavy atom. The van der Waals surface area contributed by atoms with Crippen molar-refractivity contribution < 1.29 is 4.79 Å². The molecule has 1 N–H and O–H groups in total. The van der Waals surface area contributed by atoms with Crippen molar-refractivity contribution in [2.75, 3.05) is 5.32 Å². The Kier molecular flexibility index (Phi) is 4.00. The van der Waals surface area contributed by atoms with Gasteiger partial charge in [0, 0.05) is 5.02 Å². The van der Waals surface area contributed by atoms with Crippen LogP contribution in [-0.4, -0.2) is 20.7 Å². The lowest BCUT2D eigenvalue weighted by molar-refractivity contribution is -0.116. The Morgan fingerprint density at radius 3 is 2.95 bits per heavy atom. The quantitative estimate of drug-likeness (QED) is 0.940. The fourth-order valence-electron chi connectivity index (χ4n) is 1.35. The summed E-state index contributed by atoms with van der Waals surface area (Å²) in [6, 6.07) is 6.53. The van der Waals surface area contributed by atoms with Crippen LogP contribution >= 0.6 is 23.2 Å². The molecule has 1 heterocycles. The molecule has 1 aromatic heterocycles. The molecule has 0 spiro atoms. The van der Waals surface area contributed by atoms with Gasteiger partial charge in [-0.1, -0.05) is 23.2 Å². The van der Waals surface area contributed by atoms with E-state index in [0.29, 0.717) is 15.7 Å². The number of carbonyl (C=O) groups excluding carboxylic acids is 1. The van der Waals surface area contributed by atoms with Gasteiger partial charge in [-0.25, -0.2) is 9.67 Å². The lowest BCUT2D eigenvalue weighted by atomic mass is 10.3. The highest BCUT2D eigenvalue weighted by atomic mass is 35.5. The number of nitrogens with one attached hydrogen (secondary N) is 1. The van der Waals surface area contributed by atoms with Gasteiger partial charge in [0.15, 0.2) is 0 Å². The van der Waals surface area contributed by atoms with Crippen LogP contribution in [0.25, 0.3) is 0 Å². The third-order valence-corrected chi connectivity index (χ3v) is 2.71. The van der Waals surface area contributed by atoms with Crippen molar-refractivity contribution in [2.45, 2.75) is 6.54 Å². The molecule has 8 heteroatoms. The second-order valence-electron chi connectivity index (χ2n) is 3.55. The van der Waals surface area contributed by atoms with Gasteiger partial charge in [0.05, 0.1) is 10.7 Å². The summed E-state index contributed by atoms with van der Waals surface area (Å²) < 4.78 is 1.26. The zero-order valence-electron chi connectivity index (χ0n) is 9.47. The molecule has 0 atom stereocenters. The lowest BCUT2D eigenvalue weighted by Gasteiger charge is -2.07. The highest BCUT2D eigenvalue weighted by Crippen LogP contribution is 2.25. The lowest BCUT2D eigenvalue weighted by Crippen LogP contribution is -2.19. The van der Waals surface area contributed by atoms with Crippen molar-refractivity contribution in [3.05, 3.63) is 40.4 Å². The van der Waals surface area contributed by atoms with Crippen molar-refractivity contribution in [3.8, 4) is 6.07 Å². The summed E-state index contributed by atoms with van der Waals surface area (Å²) in [7, 11) is 0. The summed E-state index contributed by atoms with van der Waals surface area (Å²) in [6.45, 7) is -0.0719. The Hall–Kier alpha value is -2.10. The zero-order valence-corrected chi connectivity index (χ0v) is 11.0. The van der Waals surface area contributed by atoms with Crippen LogP contribution in [0.4, 0.5) is 5.69 Å². The molecule has 0 fully saturated rings. The monoisotopic (exact) mass is 295 g/mol. The van der Waals surface area contributed by atoms with Crippen LogP contribution in [-0.2, 0) is 11.3 Å². The van der Waals surface area contributed by atoms with Gasteiger partial charge in [-0.15, -0.1) is 5.10 Å². The Bertz CT molecular complexity index is 661. The molecule has 0 aliphatic rings. The molecule has 0 unspecified atom stereocenters. The number of rotatable bonds is 3. The number of nitrogens with zero attached hydrogens (tertiary/aromatic N) is 4. The number of carbonyl (C=O) groups is 1. The van der Waals surface area contributed by atoms with E-state index in [1.54, 1.807) is 24.3 Å². The number of hydrogen-bond acceptors (Lipinski definition) is 4. The second-order valence-corrected chi connectivity index (χ2v) is 4.39. The zero-order chi connectivity index (χ0) is 13.8. The fourth-order valence-corrected chi connectivity index (χ4v) is 1.69. The summed E-state index contributed by atoms with van der Waals surface area (Å²) in [5.74, 6) is -0.341. The molecule has 1 amide bonds. The number of benzene rings is 1. The Morgan fingerprint density at radius 1 is 1.47 bits per heavy atom. The minimum Gasteiger partial charge on any atom is -0.323 e. The normalized spacial score (nSPS) is 9.95. The first-order chi connectivity index (χ1) is 9.08. The molecule has 6 nitrogen and oxygen atoms in total. The van der Waals surface area contributed by atoms with Crippen LogP contribution < -0.4 is 5.32 Å². The number of halogens is 2. The van der Waals surface area contributed by atoms with Gasteiger partial charge in [0.2, 0.25) is 5.91 Å². The SMILES string of the molecule is N#Cc1ncn(CC(=O)Nc2cc(Cl)ccc2Cl)n1. The topological polar surface area (TPSA) is 83.6 Å². The van der Waals surface area contributed by atoms with Crippen molar-refractivity contribution in [1.29, 1.82) is 5.26 Å². The summed E-state index contributed by atoms with van der Waals surface area (Å²) in [4.78, 5) is 15.4. The van der Waals surface area contributed by atoms with Crippen molar-refractivity contribution in [3.63, 3.8) is 0 Å². The van der Waals surface area contributed by atoms with Crippen LogP contribution in [0.3, 0.4) is 0 Å². The molecule has 19 heavy (non-hydrogen) atoms. The van der Waals surface area contributed by atoms with Crippen LogP contribution in [0.15, 0.2) is 24.5 Å². The number of amides is 1. The van der Waals surface area contributed by atoms with Gasteiger partial charge >= 0.3 is 0 Å². The molecule has 2 rings (SSSR count). The highest BCUT2D eigenvalue weighted by Gasteiger charge is 2.08. The number of anilines is 1. The maximum atomic E-state index is 11.8. The molecule has 0 radical (unpaired) electrons. The van der Waals surface area contributed by atoms with Gasteiger partial charge in [0.1, 0.15) is 18.9 Å². The Balaban J connectivity index is 2.05. The number of aromatic nitrogens is 3. The predicted molar refractivity (Wildman–Crippen MR) is 69.8 cm³/mol. The van der Waals surface area contributed by atoms with Crippen molar-refractivity contribution >= 4 is 34.8 Å². The molecule has 0 saturated carbocycles. The van der Waals surface area contributed by atoms with E-state index in [-0.39, 0.29) is 18.3 Å². The molecule has 0 saturated heterocycles. The maximum Gasteiger partial charge on any atom is 0.252 e. The highest BCUT2D eigenvalue weighted by molar-refractivity contribution is 6.35. The van der Waals surface area contributed by atoms with E-state index < -0.39 is 0 Å². The molecule has 96 valence electrons. The maximum absolute atomic E-state index is 11.8. The van der Waals surface area contributed by atoms with Gasteiger partial charge in [-0.3, -0.25) is 4.79 Å². The summed E-state index contributed by atoms with van der Waals surface area (Å²) in [5.41, 5.74) is 0.416. The first-order valence-electron chi connectivity index (χ1n) is 5.13. The molecule has 0 aliphatic carbocycles. The fraction of sp³-hybridized carbons (Fsp3) is 0.0909. The first-order valence-corrected chi connectivity index (χ1v) is 5.88. The standard InChI is InChI=1S/C11H7Cl2N5O/c12-7-1-2-8(13)9(3-7)16-11(19)5-18-6-15-10(4-14)17-18/h1-3,6H,5H2,(H,16,19). The van der Waals surface area contributed by atoms with Gasteiger partial charge in [-0.05, 0) is 18.2 Å². The van der Waals surface area contributed by atoms with E-state index in [0.717, 1.165) is 0 Å². The van der Waals surface area contributed by atoms with Crippen LogP contribution in [0.5, 0.6) is 0 Å². The van der Waals surface area contributed by atoms with Crippen molar-refractivity contribution in [2.24, 2.45) is 0 Å². The summed E-state index contributed by atoms with van der Waals surface area (Å²) in [6.07, 6.45) is 1.30. The molecule has 2 aromatic rings. The average molecular weight is 296 g/mol. The largest absolute Gasteiger partial charge is 0.323 e. The number of hydrogen-bond donors (Lipinski definition) is 1. The van der Waals surface area contributed by atoms with Crippen LogP contribution in [0.1, 0.15) is 5.82 Å². The van der Waals surface area contributed by atoms with Crippen LogP contribution in [0, 0.1) is 11.3 Å². The molecule has 0 aliphatic heterocycles. The summed E-state index contributed by atoms with van der Waals surface area (Å²) in [5, 5.41) is 15.8. The van der Waals surface area contributed by atoms with E-state index in [1.165, 1.54) is 11.0 Å². The minimum atomic E-state index is -0.349. The van der Waals surface area contributed by atoms with E-state index in [2.05, 4.69) is 15.4 Å². The van der Waals surface area contributed by atoms with Crippen LogP contribution in [0.2, 0.25) is 10.0 Å². The number of nitriles is 1. The minimum absolute atomic E-state index is 0.00795. The van der Waals surface area contributed by atoms with E-state index in [4.69, 9.17) is 28.5 Å². The smallest absolute Gasteiger partial charge is 0.252 e. The molecule has 1 aromatic carbocycles. The van der Waals surface area contributed by atoms with Gasteiger partial charge in [-0.2, -0.15) is 5.26 Å². The van der Waals surface area contributed by atoms with Gasteiger partial charge < -0.3 is 5.32 Å². The first kappa shape index (κ1) is 13.3. The summed E-state index contributed by atoms with van der Waals surface area (Å²) >= 11 is 11.7. The average Bonchev–Trinajstić information content (AvgIpc) is 2.81. The van der Waals surface area contributed by atoms with E-state index in [1.807, 2.05) is 0 Å².